The van der Waals surface area contributed by atoms with Crippen molar-refractivity contribution in [3.63, 3.8) is 0 Å². The minimum absolute atomic E-state index is 0.00189. The van der Waals surface area contributed by atoms with Crippen LogP contribution < -0.4 is 4.74 Å². The van der Waals surface area contributed by atoms with Crippen molar-refractivity contribution >= 4 is 11.8 Å². The summed E-state index contributed by atoms with van der Waals surface area (Å²) in [6.45, 7) is -12.2. The molecule has 2 heteroatoms. The lowest BCUT2D eigenvalue weighted by molar-refractivity contribution is 0.419. The number of para-hydroxylation sites is 2. The zero-order valence-electron chi connectivity index (χ0n) is 51.3. The number of hydrogen-bond acceptors (Lipinski definition) is 2. The highest BCUT2D eigenvalue weighted by Crippen LogP contribution is 2.57. The topological polar surface area (TPSA) is 9.23 Å². The molecule has 0 N–H and O–H groups in total. The fraction of sp³-hybridized carbons (Fsp3) is 0.262. The summed E-state index contributed by atoms with van der Waals surface area (Å²) in [7, 11) is 0. The molecule has 0 amide bonds. The first-order valence-corrected chi connectivity index (χ1v) is 24.5. The summed E-state index contributed by atoms with van der Waals surface area (Å²) in [6.07, 6.45) is 5.60. The Morgan fingerprint density at radius 2 is 0.955 bits per heavy atom. The number of hydrogen-bond donors (Lipinski definition) is 0. The van der Waals surface area contributed by atoms with E-state index in [1.165, 1.54) is 17.8 Å². The van der Waals surface area contributed by atoms with Gasteiger partial charge in [-0.25, -0.2) is 0 Å². The van der Waals surface area contributed by atoms with Crippen LogP contribution in [0.5, 0.6) is 11.5 Å². The van der Waals surface area contributed by atoms with Gasteiger partial charge >= 0.3 is 0 Å². The molecule has 0 radical (unpaired) electrons. The van der Waals surface area contributed by atoms with Gasteiger partial charge in [0.25, 0.3) is 0 Å². The molecule has 2 saturated carbocycles. The van der Waals surface area contributed by atoms with Gasteiger partial charge in [0.05, 0.1) is 5.41 Å². The van der Waals surface area contributed by atoms with E-state index in [-0.39, 0.29) is 33.8 Å². The van der Waals surface area contributed by atoms with Crippen molar-refractivity contribution in [2.75, 3.05) is 0 Å². The quantitative estimate of drug-likeness (QED) is 0.141. The van der Waals surface area contributed by atoms with E-state index in [0.717, 1.165) is 53.5 Å². The molecular weight excluding hydrogens is 829 g/mol. The highest BCUT2D eigenvalue weighted by molar-refractivity contribution is 7.99. The van der Waals surface area contributed by atoms with Crippen LogP contribution in [0.3, 0.4) is 0 Å². The maximum absolute atomic E-state index is 10.3. The molecule has 2 aliphatic heterocycles. The van der Waals surface area contributed by atoms with Crippen molar-refractivity contribution in [2.45, 2.75) is 117 Å². The second-order valence-corrected chi connectivity index (χ2v) is 19.7. The molecule has 0 bridgehead atoms. The number of benzene rings is 8. The average Bonchev–Trinajstić information content (AvgIpc) is 3.71. The molecule has 2 heterocycles. The van der Waals surface area contributed by atoms with Gasteiger partial charge < -0.3 is 4.74 Å². The van der Waals surface area contributed by atoms with Gasteiger partial charge in [0.2, 0.25) is 0 Å². The molecule has 8 aromatic rings. The van der Waals surface area contributed by atoms with Crippen LogP contribution in [0.1, 0.15) is 165 Å². The predicted molar refractivity (Wildman–Crippen MR) is 279 cm³/mol. The molecule has 0 spiro atoms. The number of fused-ring (bicyclic) bond motifs is 4. The first-order chi connectivity index (χ1) is 38.4. The lowest BCUT2D eigenvalue weighted by Crippen LogP contribution is -2.31. The molecule has 0 atom stereocenters. The maximum Gasteiger partial charge on any atom is 0.139 e. The van der Waals surface area contributed by atoms with Crippen molar-refractivity contribution in [1.29, 1.82) is 0 Å². The van der Waals surface area contributed by atoms with Crippen molar-refractivity contribution in [2.24, 2.45) is 0 Å². The second kappa shape index (κ2) is 16.6. The monoisotopic (exact) mass is 903 g/mol. The van der Waals surface area contributed by atoms with E-state index in [1.54, 1.807) is 66.7 Å². The highest BCUT2D eigenvalue weighted by atomic mass is 32.2. The van der Waals surface area contributed by atoms with E-state index in [2.05, 4.69) is 48.5 Å². The summed E-state index contributed by atoms with van der Waals surface area (Å²) in [5.74, 6) is -1.90. The zero-order valence-corrected chi connectivity index (χ0v) is 38.1. The third-order valence-corrected chi connectivity index (χ3v) is 16.1. The third-order valence-electron chi connectivity index (χ3n) is 14.9. The molecule has 4 aliphatic rings. The van der Waals surface area contributed by atoms with E-state index in [1.807, 2.05) is 60.7 Å². The maximum atomic E-state index is 10.3. The Kier molecular flexibility index (Phi) is 7.34. The van der Waals surface area contributed by atoms with Crippen LogP contribution >= 0.6 is 11.8 Å². The first-order valence-electron chi connectivity index (χ1n) is 30.7. The molecule has 0 saturated heterocycles. The number of ether oxygens (including phenoxy) is 1. The van der Waals surface area contributed by atoms with Gasteiger partial charge in [0.15, 0.2) is 0 Å². The molecule has 8 aromatic carbocycles. The summed E-state index contributed by atoms with van der Waals surface area (Å²) in [5.41, 5.74) is 1.38. The minimum atomic E-state index is -3.07. The van der Waals surface area contributed by atoms with E-state index in [0.29, 0.717) is 63.3 Å². The van der Waals surface area contributed by atoms with Crippen molar-refractivity contribution in [1.82, 2.24) is 0 Å². The molecule has 2 fully saturated rings. The van der Waals surface area contributed by atoms with E-state index < -0.39 is 55.4 Å². The molecular formula is C65H60OS. The fourth-order valence-electron chi connectivity index (χ4n) is 11.7. The van der Waals surface area contributed by atoms with Crippen LogP contribution in [0.4, 0.5) is 0 Å². The largest absolute Gasteiger partial charge is 0.456 e. The third kappa shape index (κ3) is 6.80. The molecule has 2 aliphatic carbocycles. The van der Waals surface area contributed by atoms with E-state index in [9.17, 15) is 2.74 Å². The van der Waals surface area contributed by atoms with Gasteiger partial charge in [-0.15, -0.1) is 0 Å². The van der Waals surface area contributed by atoms with Crippen LogP contribution in [0.15, 0.2) is 192 Å². The Balaban J connectivity index is 1.19. The second-order valence-electron chi connectivity index (χ2n) is 18.7. The van der Waals surface area contributed by atoms with Crippen LogP contribution in [-0.4, -0.2) is 0 Å². The van der Waals surface area contributed by atoms with Crippen LogP contribution in [0.25, 0.3) is 22.3 Å². The van der Waals surface area contributed by atoms with E-state index in [4.69, 9.17) is 21.2 Å². The van der Waals surface area contributed by atoms with Crippen molar-refractivity contribution in [3.8, 4) is 33.8 Å². The van der Waals surface area contributed by atoms with Crippen LogP contribution in [0.2, 0.25) is 0 Å². The number of rotatable bonds is 8. The lowest BCUT2D eigenvalue weighted by atomic mass is 9.63. The summed E-state index contributed by atoms with van der Waals surface area (Å²) >= 11 is 1.35. The van der Waals surface area contributed by atoms with Crippen LogP contribution in [0, 0.1) is 0 Å². The molecule has 1 nitrogen and oxygen atoms in total. The molecule has 0 unspecified atom stereocenters. The van der Waals surface area contributed by atoms with E-state index >= 15 is 0 Å². The lowest BCUT2D eigenvalue weighted by Gasteiger charge is -2.39. The van der Waals surface area contributed by atoms with Crippen LogP contribution in [-0.2, 0) is 16.2 Å². The summed E-state index contributed by atoms with van der Waals surface area (Å²) < 4.78 is 137. The van der Waals surface area contributed by atoms with Gasteiger partial charge in [-0.05, 0) is 123 Å². The normalized spacial score (nSPS) is 22.0. The van der Waals surface area contributed by atoms with Gasteiger partial charge in [0.1, 0.15) is 11.5 Å². The Morgan fingerprint density at radius 3 is 1.57 bits per heavy atom. The van der Waals surface area contributed by atoms with Gasteiger partial charge in [0, 0.05) is 56.5 Å². The predicted octanol–water partition coefficient (Wildman–Crippen LogP) is 17.9. The smallest absolute Gasteiger partial charge is 0.139 e. The first kappa shape index (κ1) is 29.6. The standard InChI is InChI=1S/C65H60OS/c1-63(2)55-31-15-17-35-59(55)66-61-51(29-19-33-57(61)63)53-41-47(37-39-49(53)43-21-11-12-22-43)65(45-25-7-5-8-26-45,46-27-9-6-10-28-46)48-38-40-50(44-23-13-14-24-44)54(42-48)52-30-20-34-58-62(52)67-60-36-18-16-32-56(60)64(58,3)4/h5-10,15-20,25-44H,11-14,21-24H2,1-4H3/i1D3,2D3,3D3,4D3,43D,44D. The summed E-state index contributed by atoms with van der Waals surface area (Å²) in [5, 5.41) is 0. The molecule has 332 valence electrons. The zero-order chi connectivity index (χ0) is 57.2. The highest BCUT2D eigenvalue weighted by Gasteiger charge is 2.42. The Morgan fingerprint density at radius 1 is 0.463 bits per heavy atom. The summed E-state index contributed by atoms with van der Waals surface area (Å²) in [4.78, 5) is 1.03. The summed E-state index contributed by atoms with van der Waals surface area (Å²) in [6, 6.07) is 56.3. The minimum Gasteiger partial charge on any atom is -0.456 e. The Labute approximate surface area is 422 Å². The SMILES string of the molecule is [2H]C1(c2ccc(C(c3ccccc3)(c3ccccc3)c3ccc(C4([2H])CCCC4)c(-c4cccc5c4Sc4ccccc4C5(C([2H])([2H])[2H])C([2H])([2H])[2H])c3)cc2-c2cccc3c2Oc2ccccc2C3(C([2H])([2H])[2H])C([2H])([2H])[2H])CCCC1. The van der Waals surface area contributed by atoms with Gasteiger partial charge in [-0.3, -0.25) is 0 Å². The average molecular weight is 903 g/mol. The Bertz CT molecular complexity index is 3450. The molecule has 0 aromatic heterocycles. The van der Waals surface area contributed by atoms with Crippen molar-refractivity contribution < 1.29 is 23.9 Å². The molecule has 12 rings (SSSR count). The van der Waals surface area contributed by atoms with Gasteiger partial charge in [-0.1, -0.05) is 223 Å². The van der Waals surface area contributed by atoms with Crippen molar-refractivity contribution in [3.05, 3.63) is 238 Å². The Hall–Kier alpha value is -6.09. The van der Waals surface area contributed by atoms with Gasteiger partial charge in [-0.2, -0.15) is 0 Å². The molecule has 67 heavy (non-hydrogen) atoms. The fourth-order valence-corrected chi connectivity index (χ4v) is 13.0.